The average molecular weight is 215 g/mol. The van der Waals surface area contributed by atoms with Crippen LogP contribution in [0.5, 0.6) is 0 Å². The van der Waals surface area contributed by atoms with Crippen LogP contribution in [-0.4, -0.2) is 22.0 Å². The van der Waals surface area contributed by atoms with E-state index in [0.29, 0.717) is 6.04 Å². The van der Waals surface area contributed by atoms with Gasteiger partial charge in [0.1, 0.15) is 5.82 Å². The van der Waals surface area contributed by atoms with Crippen LogP contribution in [-0.2, 0) is 6.42 Å². The lowest BCUT2D eigenvalue weighted by atomic mass is 10.1. The van der Waals surface area contributed by atoms with Gasteiger partial charge in [-0.15, -0.1) is 0 Å². The fraction of sp³-hybridized carbons (Fsp3) is 0.462. The average Bonchev–Trinajstić information content (AvgIpc) is 2.90. The maximum absolute atomic E-state index is 4.52. The van der Waals surface area contributed by atoms with E-state index in [1.807, 2.05) is 6.20 Å². The fourth-order valence-corrected chi connectivity index (χ4v) is 2.45. The molecule has 0 amide bonds. The van der Waals surface area contributed by atoms with Crippen LogP contribution in [0.4, 0.5) is 0 Å². The van der Waals surface area contributed by atoms with Crippen molar-refractivity contribution in [1.29, 1.82) is 0 Å². The molecular formula is C13H17N3. The molecule has 0 radical (unpaired) electrons. The minimum absolute atomic E-state index is 0.617. The Morgan fingerprint density at radius 1 is 1.50 bits per heavy atom. The van der Waals surface area contributed by atoms with E-state index in [1.54, 1.807) is 0 Å². The van der Waals surface area contributed by atoms with Gasteiger partial charge < -0.3 is 9.72 Å². The van der Waals surface area contributed by atoms with E-state index in [4.69, 9.17) is 0 Å². The Kier molecular flexibility index (Phi) is 2.40. The molecule has 1 fully saturated rings. The third kappa shape index (κ3) is 1.71. The summed E-state index contributed by atoms with van der Waals surface area (Å²) < 4.78 is 2.22. The van der Waals surface area contributed by atoms with Gasteiger partial charge in [-0.1, -0.05) is 6.07 Å². The predicted molar refractivity (Wildman–Crippen MR) is 64.7 cm³/mol. The molecule has 2 aromatic heterocycles. The topological polar surface area (TPSA) is 29.3 Å². The molecule has 1 aliphatic heterocycles. The number of rotatable bonds is 2. The number of aryl methyl sites for hydroxylation is 1. The highest BCUT2D eigenvalue weighted by Gasteiger charge is 2.16. The van der Waals surface area contributed by atoms with Crippen molar-refractivity contribution in [2.45, 2.75) is 32.2 Å². The van der Waals surface area contributed by atoms with Gasteiger partial charge in [0, 0.05) is 18.7 Å². The Bertz CT molecular complexity index is 495. The quantitative estimate of drug-likeness (QED) is 0.829. The first-order valence-corrected chi connectivity index (χ1v) is 5.99. The van der Waals surface area contributed by atoms with E-state index < -0.39 is 0 Å². The summed E-state index contributed by atoms with van der Waals surface area (Å²) in [6.07, 6.45) is 7.75. The van der Waals surface area contributed by atoms with Crippen LogP contribution in [0.2, 0.25) is 0 Å². The summed E-state index contributed by atoms with van der Waals surface area (Å²) in [6.45, 7) is 3.28. The highest BCUT2D eigenvalue weighted by molar-refractivity contribution is 5.46. The second-order valence-electron chi connectivity index (χ2n) is 4.67. The van der Waals surface area contributed by atoms with Crippen molar-refractivity contribution in [3.8, 4) is 0 Å². The maximum Gasteiger partial charge on any atom is 0.114 e. The molecule has 1 saturated heterocycles. The molecule has 1 unspecified atom stereocenters. The van der Waals surface area contributed by atoms with Gasteiger partial charge in [0.25, 0.3) is 0 Å². The molecular weight excluding hydrogens is 198 g/mol. The first kappa shape index (κ1) is 9.85. The minimum atomic E-state index is 0.617. The standard InChI is InChI=1S/C13H17N3/c1-10-4-5-12-8-15-13(16(12)9-10)7-11-3-2-6-14-11/h4-5,8-9,11,14H,2-3,6-7H2,1H3. The molecule has 1 aliphatic rings. The summed E-state index contributed by atoms with van der Waals surface area (Å²) in [7, 11) is 0. The molecule has 1 N–H and O–H groups in total. The summed E-state index contributed by atoms with van der Waals surface area (Å²) in [5.41, 5.74) is 2.48. The second kappa shape index (κ2) is 3.91. The second-order valence-corrected chi connectivity index (χ2v) is 4.67. The normalized spacial score (nSPS) is 20.7. The smallest absolute Gasteiger partial charge is 0.114 e. The number of hydrogen-bond acceptors (Lipinski definition) is 2. The first-order valence-electron chi connectivity index (χ1n) is 5.99. The lowest BCUT2D eigenvalue weighted by molar-refractivity contribution is 0.584. The molecule has 0 aliphatic carbocycles. The number of nitrogens with zero attached hydrogens (tertiary/aromatic N) is 2. The van der Waals surface area contributed by atoms with Crippen LogP contribution >= 0.6 is 0 Å². The molecule has 16 heavy (non-hydrogen) atoms. The molecule has 0 bridgehead atoms. The van der Waals surface area contributed by atoms with Crippen molar-refractivity contribution in [2.24, 2.45) is 0 Å². The summed E-state index contributed by atoms with van der Waals surface area (Å²) in [5.74, 6) is 1.18. The van der Waals surface area contributed by atoms with Crippen molar-refractivity contribution in [3.05, 3.63) is 35.9 Å². The maximum atomic E-state index is 4.52. The van der Waals surface area contributed by atoms with Gasteiger partial charge in [-0.05, 0) is 37.9 Å². The van der Waals surface area contributed by atoms with Crippen molar-refractivity contribution in [3.63, 3.8) is 0 Å². The molecule has 2 aromatic rings. The SMILES string of the molecule is Cc1ccc2cnc(CC3CCCN3)n2c1. The van der Waals surface area contributed by atoms with Gasteiger partial charge in [0.05, 0.1) is 11.7 Å². The zero-order valence-corrected chi connectivity index (χ0v) is 9.61. The van der Waals surface area contributed by atoms with Crippen LogP contribution < -0.4 is 5.32 Å². The Labute approximate surface area is 95.5 Å². The van der Waals surface area contributed by atoms with Gasteiger partial charge in [-0.2, -0.15) is 0 Å². The zero-order chi connectivity index (χ0) is 11.0. The summed E-state index contributed by atoms with van der Waals surface area (Å²) >= 11 is 0. The summed E-state index contributed by atoms with van der Waals surface area (Å²) in [6, 6.07) is 4.88. The molecule has 3 rings (SSSR count). The van der Waals surface area contributed by atoms with Crippen LogP contribution in [0.25, 0.3) is 5.52 Å². The molecule has 0 saturated carbocycles. The Morgan fingerprint density at radius 2 is 2.44 bits per heavy atom. The monoisotopic (exact) mass is 215 g/mol. The van der Waals surface area contributed by atoms with Gasteiger partial charge in [0.15, 0.2) is 0 Å². The minimum Gasteiger partial charge on any atom is -0.314 e. The van der Waals surface area contributed by atoms with Crippen molar-refractivity contribution in [2.75, 3.05) is 6.54 Å². The van der Waals surface area contributed by atoms with Gasteiger partial charge >= 0.3 is 0 Å². The van der Waals surface area contributed by atoms with E-state index in [0.717, 1.165) is 13.0 Å². The van der Waals surface area contributed by atoms with E-state index in [9.17, 15) is 0 Å². The number of pyridine rings is 1. The Hall–Kier alpha value is -1.35. The lowest BCUT2D eigenvalue weighted by Gasteiger charge is -2.09. The van der Waals surface area contributed by atoms with Crippen LogP contribution in [0.3, 0.4) is 0 Å². The van der Waals surface area contributed by atoms with E-state index in [1.165, 1.54) is 29.7 Å². The molecule has 3 heteroatoms. The third-order valence-electron chi connectivity index (χ3n) is 3.34. The lowest BCUT2D eigenvalue weighted by Crippen LogP contribution is -2.24. The molecule has 0 aromatic carbocycles. The first-order chi connectivity index (χ1) is 7.83. The van der Waals surface area contributed by atoms with Crippen molar-refractivity contribution >= 4 is 5.52 Å². The van der Waals surface area contributed by atoms with Crippen molar-refractivity contribution in [1.82, 2.24) is 14.7 Å². The largest absolute Gasteiger partial charge is 0.314 e. The Morgan fingerprint density at radius 3 is 3.25 bits per heavy atom. The number of imidazole rings is 1. The molecule has 1 atom stereocenters. The Balaban J connectivity index is 1.93. The number of nitrogens with one attached hydrogen (secondary N) is 1. The summed E-state index contributed by atoms with van der Waals surface area (Å²) in [5, 5.41) is 3.52. The third-order valence-corrected chi connectivity index (χ3v) is 3.34. The van der Waals surface area contributed by atoms with Crippen LogP contribution in [0.1, 0.15) is 24.2 Å². The zero-order valence-electron chi connectivity index (χ0n) is 9.61. The fourth-order valence-electron chi connectivity index (χ4n) is 2.45. The van der Waals surface area contributed by atoms with Crippen LogP contribution in [0.15, 0.2) is 24.5 Å². The van der Waals surface area contributed by atoms with Gasteiger partial charge in [0.2, 0.25) is 0 Å². The van der Waals surface area contributed by atoms with E-state index in [2.05, 4.69) is 40.0 Å². The molecule has 3 heterocycles. The highest BCUT2D eigenvalue weighted by Crippen LogP contribution is 2.14. The van der Waals surface area contributed by atoms with E-state index >= 15 is 0 Å². The van der Waals surface area contributed by atoms with E-state index in [-0.39, 0.29) is 0 Å². The highest BCUT2D eigenvalue weighted by atomic mass is 15.0. The van der Waals surface area contributed by atoms with Crippen molar-refractivity contribution < 1.29 is 0 Å². The molecule has 84 valence electrons. The summed E-state index contributed by atoms with van der Waals surface area (Å²) in [4.78, 5) is 4.52. The van der Waals surface area contributed by atoms with Crippen LogP contribution in [0, 0.1) is 6.92 Å². The predicted octanol–water partition coefficient (Wildman–Crippen LogP) is 1.94. The molecule has 0 spiro atoms. The van der Waals surface area contributed by atoms with Gasteiger partial charge in [-0.3, -0.25) is 0 Å². The number of fused-ring (bicyclic) bond motifs is 1. The number of aromatic nitrogens is 2. The van der Waals surface area contributed by atoms with Gasteiger partial charge in [-0.25, -0.2) is 4.98 Å². The number of hydrogen-bond donors (Lipinski definition) is 1. The molecule has 3 nitrogen and oxygen atoms in total.